The van der Waals surface area contributed by atoms with E-state index in [0.717, 1.165) is 6.33 Å². The van der Waals surface area contributed by atoms with E-state index >= 15 is 0 Å². The highest BCUT2D eigenvalue weighted by atomic mass is 35.5. The summed E-state index contributed by atoms with van der Waals surface area (Å²) in [6.07, 6.45) is -3.80. The minimum absolute atomic E-state index is 0.0327. The third-order valence-electron chi connectivity index (χ3n) is 2.43. The van der Waals surface area contributed by atoms with Gasteiger partial charge in [0.25, 0.3) is 0 Å². The number of alkyl halides is 3. The van der Waals surface area contributed by atoms with Gasteiger partial charge in [-0.15, -0.1) is 0 Å². The smallest absolute Gasteiger partial charge is 0.231 e. The van der Waals surface area contributed by atoms with Gasteiger partial charge in [-0.2, -0.15) is 13.2 Å². The molecule has 2 rings (SSSR count). The fourth-order valence-corrected chi connectivity index (χ4v) is 2.06. The average molecular weight is 307 g/mol. The summed E-state index contributed by atoms with van der Waals surface area (Å²) in [4.78, 5) is 6.87. The molecule has 0 N–H and O–H groups in total. The Balaban J connectivity index is 2.45. The Kier molecular flexibility index (Phi) is 3.96. The summed E-state index contributed by atoms with van der Waals surface area (Å²) < 4.78 is 38.5. The molecule has 0 aliphatic heterocycles. The van der Waals surface area contributed by atoms with Gasteiger partial charge < -0.3 is 0 Å². The van der Waals surface area contributed by atoms with Crippen molar-refractivity contribution in [1.29, 1.82) is 0 Å². The van der Waals surface area contributed by atoms with Gasteiger partial charge in [-0.25, -0.2) is 9.97 Å². The summed E-state index contributed by atoms with van der Waals surface area (Å²) in [5, 5.41) is 0.237. The van der Waals surface area contributed by atoms with E-state index in [-0.39, 0.29) is 17.1 Å². The average Bonchev–Trinajstić information content (AvgIpc) is 2.30. The van der Waals surface area contributed by atoms with Crippen molar-refractivity contribution in [1.82, 2.24) is 9.97 Å². The lowest BCUT2D eigenvalue weighted by atomic mass is 10.0. The van der Waals surface area contributed by atoms with E-state index in [1.807, 2.05) is 0 Å². The largest absolute Gasteiger partial charge is 0.433 e. The van der Waals surface area contributed by atoms with E-state index in [0.29, 0.717) is 10.6 Å². The minimum atomic E-state index is -4.57. The Morgan fingerprint density at radius 1 is 1.11 bits per heavy atom. The van der Waals surface area contributed by atoms with Gasteiger partial charge in [-0.3, -0.25) is 0 Å². The van der Waals surface area contributed by atoms with Gasteiger partial charge in [0.2, 0.25) is 0 Å². The lowest BCUT2D eigenvalue weighted by molar-refractivity contribution is -0.141. The second-order valence-corrected chi connectivity index (χ2v) is 4.59. The molecule has 0 saturated carbocycles. The van der Waals surface area contributed by atoms with Crippen molar-refractivity contribution in [3.8, 4) is 0 Å². The molecule has 1 aromatic heterocycles. The third kappa shape index (κ3) is 3.36. The van der Waals surface area contributed by atoms with Crippen LogP contribution in [0.25, 0.3) is 0 Å². The fourth-order valence-electron chi connectivity index (χ4n) is 1.64. The SMILES string of the molecule is FC(F)(F)c1ncnc(Cl)c1Cc1cccc(Cl)c1. The molecular formula is C12H7Cl2F3N2. The molecule has 0 bridgehead atoms. The predicted octanol–water partition coefficient (Wildman–Crippen LogP) is 4.39. The number of benzene rings is 1. The van der Waals surface area contributed by atoms with Gasteiger partial charge in [0.15, 0.2) is 5.69 Å². The lowest BCUT2D eigenvalue weighted by Crippen LogP contribution is -2.13. The molecule has 19 heavy (non-hydrogen) atoms. The molecular weight excluding hydrogens is 300 g/mol. The Hall–Kier alpha value is -1.33. The summed E-state index contributed by atoms with van der Waals surface area (Å²) in [6, 6.07) is 6.53. The topological polar surface area (TPSA) is 25.8 Å². The van der Waals surface area contributed by atoms with E-state index in [1.54, 1.807) is 24.3 Å². The van der Waals surface area contributed by atoms with Gasteiger partial charge >= 0.3 is 6.18 Å². The second kappa shape index (κ2) is 5.35. The van der Waals surface area contributed by atoms with Crippen molar-refractivity contribution in [2.24, 2.45) is 0 Å². The van der Waals surface area contributed by atoms with Crippen LogP contribution < -0.4 is 0 Å². The van der Waals surface area contributed by atoms with Crippen LogP contribution in [0.2, 0.25) is 10.2 Å². The summed E-state index contributed by atoms with van der Waals surface area (Å²) in [5.41, 5.74) is -0.568. The zero-order valence-electron chi connectivity index (χ0n) is 9.38. The van der Waals surface area contributed by atoms with Crippen LogP contribution in [0.5, 0.6) is 0 Å². The number of hydrogen-bond donors (Lipinski definition) is 0. The maximum Gasteiger partial charge on any atom is 0.433 e. The molecule has 0 spiro atoms. The first-order chi connectivity index (χ1) is 8.88. The van der Waals surface area contributed by atoms with Crippen LogP contribution >= 0.6 is 23.2 Å². The normalized spacial score (nSPS) is 11.6. The molecule has 0 aliphatic carbocycles. The molecule has 0 saturated heterocycles. The van der Waals surface area contributed by atoms with Crippen LogP contribution in [-0.4, -0.2) is 9.97 Å². The number of nitrogens with zero attached hydrogens (tertiary/aromatic N) is 2. The maximum atomic E-state index is 12.8. The fraction of sp³-hybridized carbons (Fsp3) is 0.167. The first kappa shape index (κ1) is 14.1. The molecule has 0 fully saturated rings. The Bertz CT molecular complexity index is 600. The van der Waals surface area contributed by atoms with Crippen LogP contribution in [0.3, 0.4) is 0 Å². The molecule has 1 heterocycles. The van der Waals surface area contributed by atoms with E-state index in [9.17, 15) is 13.2 Å². The predicted molar refractivity (Wildman–Crippen MR) is 66.3 cm³/mol. The monoisotopic (exact) mass is 306 g/mol. The Morgan fingerprint density at radius 2 is 1.84 bits per heavy atom. The summed E-state index contributed by atoms with van der Waals surface area (Å²) in [6.45, 7) is 0. The Morgan fingerprint density at radius 3 is 2.47 bits per heavy atom. The van der Waals surface area contributed by atoms with Crippen LogP contribution in [0.1, 0.15) is 16.8 Å². The molecule has 0 atom stereocenters. The molecule has 2 nitrogen and oxygen atoms in total. The van der Waals surface area contributed by atoms with Gasteiger partial charge in [0.1, 0.15) is 11.5 Å². The molecule has 0 radical (unpaired) electrons. The number of aromatic nitrogens is 2. The summed E-state index contributed by atoms with van der Waals surface area (Å²) in [5.74, 6) is 0. The first-order valence-corrected chi connectivity index (χ1v) is 5.94. The number of hydrogen-bond acceptors (Lipinski definition) is 2. The van der Waals surface area contributed by atoms with Gasteiger partial charge in [-0.05, 0) is 17.7 Å². The first-order valence-electron chi connectivity index (χ1n) is 5.19. The lowest BCUT2D eigenvalue weighted by Gasteiger charge is -2.12. The van der Waals surface area contributed by atoms with Crippen molar-refractivity contribution < 1.29 is 13.2 Å². The van der Waals surface area contributed by atoms with Gasteiger partial charge in [0, 0.05) is 17.0 Å². The van der Waals surface area contributed by atoms with Crippen molar-refractivity contribution in [3.63, 3.8) is 0 Å². The molecule has 0 aliphatic rings. The van der Waals surface area contributed by atoms with Crippen LogP contribution in [0.15, 0.2) is 30.6 Å². The van der Waals surface area contributed by atoms with E-state index in [1.165, 1.54) is 0 Å². The molecule has 1 aromatic carbocycles. The van der Waals surface area contributed by atoms with E-state index in [2.05, 4.69) is 9.97 Å². The van der Waals surface area contributed by atoms with Crippen molar-refractivity contribution in [3.05, 3.63) is 57.6 Å². The van der Waals surface area contributed by atoms with Crippen molar-refractivity contribution >= 4 is 23.2 Å². The third-order valence-corrected chi connectivity index (χ3v) is 2.99. The van der Waals surface area contributed by atoms with Crippen LogP contribution in [0.4, 0.5) is 13.2 Å². The van der Waals surface area contributed by atoms with Crippen molar-refractivity contribution in [2.45, 2.75) is 12.6 Å². The molecule has 2 aromatic rings. The molecule has 100 valence electrons. The highest BCUT2D eigenvalue weighted by Crippen LogP contribution is 2.33. The summed E-state index contributed by atoms with van der Waals surface area (Å²) in [7, 11) is 0. The highest BCUT2D eigenvalue weighted by Gasteiger charge is 2.36. The highest BCUT2D eigenvalue weighted by molar-refractivity contribution is 6.30. The molecule has 0 amide bonds. The minimum Gasteiger partial charge on any atom is -0.231 e. The quantitative estimate of drug-likeness (QED) is 0.769. The number of halogens is 5. The molecule has 7 heteroatoms. The maximum absolute atomic E-state index is 12.8. The molecule has 0 unspecified atom stereocenters. The van der Waals surface area contributed by atoms with Crippen molar-refractivity contribution in [2.75, 3.05) is 0 Å². The Labute approximate surface area is 117 Å². The van der Waals surface area contributed by atoms with Crippen LogP contribution in [0, 0.1) is 0 Å². The number of rotatable bonds is 2. The zero-order chi connectivity index (χ0) is 14.0. The second-order valence-electron chi connectivity index (χ2n) is 3.80. The van der Waals surface area contributed by atoms with E-state index in [4.69, 9.17) is 23.2 Å². The standard InChI is InChI=1S/C12H7Cl2F3N2/c13-8-3-1-2-7(4-8)5-9-10(12(15,16)17)18-6-19-11(9)14/h1-4,6H,5H2. The van der Waals surface area contributed by atoms with E-state index < -0.39 is 11.9 Å². The summed E-state index contributed by atoms with van der Waals surface area (Å²) >= 11 is 11.5. The van der Waals surface area contributed by atoms with Gasteiger partial charge in [0.05, 0.1) is 0 Å². The van der Waals surface area contributed by atoms with Gasteiger partial charge in [-0.1, -0.05) is 35.3 Å². The zero-order valence-corrected chi connectivity index (χ0v) is 10.9. The van der Waals surface area contributed by atoms with Crippen LogP contribution in [-0.2, 0) is 12.6 Å².